The molecule has 4 amide bonds. The summed E-state index contributed by atoms with van der Waals surface area (Å²) in [5.41, 5.74) is 0. The lowest BCUT2D eigenvalue weighted by molar-refractivity contribution is -0.132. The first-order valence-electron chi connectivity index (χ1n) is 19.0. The van der Waals surface area contributed by atoms with Crippen LogP contribution >= 0.6 is 0 Å². The van der Waals surface area contributed by atoms with Crippen molar-refractivity contribution in [3.8, 4) is 0 Å². The van der Waals surface area contributed by atoms with Crippen LogP contribution in [0.1, 0.15) is 170 Å². The standard InChI is InChI=1S/C38H72N4O5/c1-8-9-10-11-24-34(43)39-27-18-16-22-32(37(46)31(6)7)42-38(47)33(41-36(45)26-15-13-21-30(4)5)23-17-19-28-40-35(44)25-14-12-20-29(2)3/h29-33H,8-28H2,1-7H3,(H,39,43)(H,40,44)(H,41,45)(H,42,47). The molecular formula is C38H72N4O5. The number of ketones is 1. The second kappa shape index (κ2) is 28.6. The van der Waals surface area contributed by atoms with Gasteiger partial charge in [0, 0.05) is 38.3 Å². The largest absolute Gasteiger partial charge is 0.356 e. The van der Waals surface area contributed by atoms with Gasteiger partial charge in [0.05, 0.1) is 6.04 Å². The van der Waals surface area contributed by atoms with Crippen molar-refractivity contribution in [3.05, 3.63) is 0 Å². The first kappa shape index (κ1) is 44.5. The molecule has 2 unspecified atom stereocenters. The first-order chi connectivity index (χ1) is 22.4. The highest BCUT2D eigenvalue weighted by Gasteiger charge is 2.27. The highest BCUT2D eigenvalue weighted by molar-refractivity contribution is 5.93. The molecule has 0 aliphatic carbocycles. The zero-order valence-corrected chi connectivity index (χ0v) is 31.3. The van der Waals surface area contributed by atoms with Crippen LogP contribution in [0, 0.1) is 17.8 Å². The van der Waals surface area contributed by atoms with Crippen molar-refractivity contribution in [2.75, 3.05) is 13.1 Å². The van der Waals surface area contributed by atoms with Crippen LogP contribution < -0.4 is 21.3 Å². The van der Waals surface area contributed by atoms with Crippen molar-refractivity contribution in [1.82, 2.24) is 21.3 Å². The summed E-state index contributed by atoms with van der Waals surface area (Å²) in [5.74, 6) is 0.576. The van der Waals surface area contributed by atoms with E-state index < -0.39 is 12.1 Å². The summed E-state index contributed by atoms with van der Waals surface area (Å²) < 4.78 is 0. The van der Waals surface area contributed by atoms with E-state index in [0.29, 0.717) is 76.3 Å². The van der Waals surface area contributed by atoms with E-state index >= 15 is 0 Å². The van der Waals surface area contributed by atoms with Crippen LogP contribution in [0.25, 0.3) is 0 Å². The Bertz CT molecular complexity index is 874. The lowest BCUT2D eigenvalue weighted by Gasteiger charge is -2.24. The maximum Gasteiger partial charge on any atom is 0.243 e. The van der Waals surface area contributed by atoms with E-state index in [1.54, 1.807) is 0 Å². The molecule has 9 heteroatoms. The van der Waals surface area contributed by atoms with Crippen molar-refractivity contribution in [3.63, 3.8) is 0 Å². The Morgan fingerprint density at radius 1 is 0.468 bits per heavy atom. The number of Topliss-reactive ketones (excluding diaryl/α,β-unsaturated/α-hetero) is 1. The van der Waals surface area contributed by atoms with E-state index in [9.17, 15) is 24.0 Å². The topological polar surface area (TPSA) is 133 Å². The molecule has 9 nitrogen and oxygen atoms in total. The Labute approximate surface area is 287 Å². The number of rotatable bonds is 30. The molecule has 0 rings (SSSR count). The molecule has 4 N–H and O–H groups in total. The van der Waals surface area contributed by atoms with Crippen LogP contribution in [0.4, 0.5) is 0 Å². The van der Waals surface area contributed by atoms with Gasteiger partial charge in [-0.05, 0) is 69.6 Å². The van der Waals surface area contributed by atoms with E-state index in [1.165, 1.54) is 0 Å². The van der Waals surface area contributed by atoms with Crippen molar-refractivity contribution < 1.29 is 24.0 Å². The van der Waals surface area contributed by atoms with Gasteiger partial charge in [0.25, 0.3) is 0 Å². The molecule has 0 spiro atoms. The fourth-order valence-electron chi connectivity index (χ4n) is 5.46. The molecule has 0 bridgehead atoms. The fourth-order valence-corrected chi connectivity index (χ4v) is 5.46. The van der Waals surface area contributed by atoms with Gasteiger partial charge < -0.3 is 21.3 Å². The second-order valence-corrected chi connectivity index (χ2v) is 14.5. The van der Waals surface area contributed by atoms with Crippen molar-refractivity contribution in [1.29, 1.82) is 0 Å². The molecule has 0 heterocycles. The molecule has 0 fully saturated rings. The smallest absolute Gasteiger partial charge is 0.243 e. The molecule has 0 aromatic carbocycles. The van der Waals surface area contributed by atoms with Gasteiger partial charge in [-0.3, -0.25) is 24.0 Å². The monoisotopic (exact) mass is 665 g/mol. The summed E-state index contributed by atoms with van der Waals surface area (Å²) in [6.07, 6.45) is 15.2. The summed E-state index contributed by atoms with van der Waals surface area (Å²) in [5, 5.41) is 11.8. The predicted octanol–water partition coefficient (Wildman–Crippen LogP) is 7.16. The van der Waals surface area contributed by atoms with Crippen LogP contribution in [0.2, 0.25) is 0 Å². The molecule has 274 valence electrons. The SMILES string of the molecule is CCCCCCC(=O)NCCCCC(NC(=O)C(CCCCNC(=O)CCCCC(C)C)NC(=O)CCCCC(C)C)C(=O)C(C)C. The van der Waals surface area contributed by atoms with Crippen LogP contribution in [-0.4, -0.2) is 54.6 Å². The van der Waals surface area contributed by atoms with E-state index in [2.05, 4.69) is 55.9 Å². The third kappa shape index (κ3) is 26.2. The number of hydrogen-bond donors (Lipinski definition) is 4. The Balaban J connectivity index is 5.03. The molecular weight excluding hydrogens is 592 g/mol. The molecule has 2 atom stereocenters. The normalized spacial score (nSPS) is 12.6. The Morgan fingerprint density at radius 2 is 0.915 bits per heavy atom. The fraction of sp³-hybridized carbons (Fsp3) is 0.868. The van der Waals surface area contributed by atoms with Gasteiger partial charge in [-0.2, -0.15) is 0 Å². The third-order valence-electron chi connectivity index (χ3n) is 8.49. The lowest BCUT2D eigenvalue weighted by Crippen LogP contribution is -2.52. The molecule has 0 aromatic rings. The average Bonchev–Trinajstić information content (AvgIpc) is 3.01. The van der Waals surface area contributed by atoms with Gasteiger partial charge >= 0.3 is 0 Å². The van der Waals surface area contributed by atoms with Crippen LogP contribution in [0.3, 0.4) is 0 Å². The van der Waals surface area contributed by atoms with Crippen LogP contribution in [0.15, 0.2) is 0 Å². The summed E-state index contributed by atoms with van der Waals surface area (Å²) in [4.78, 5) is 63.7. The van der Waals surface area contributed by atoms with Gasteiger partial charge in [0.1, 0.15) is 6.04 Å². The molecule has 0 aromatic heterocycles. The number of hydrogen-bond acceptors (Lipinski definition) is 5. The maximum atomic E-state index is 13.5. The first-order valence-corrected chi connectivity index (χ1v) is 19.0. The third-order valence-corrected chi connectivity index (χ3v) is 8.49. The van der Waals surface area contributed by atoms with Gasteiger partial charge in [-0.15, -0.1) is 0 Å². The quantitative estimate of drug-likeness (QED) is 0.0605. The molecule has 0 saturated carbocycles. The zero-order valence-electron chi connectivity index (χ0n) is 31.3. The minimum atomic E-state index is -0.742. The summed E-state index contributed by atoms with van der Waals surface area (Å²) >= 11 is 0. The van der Waals surface area contributed by atoms with Gasteiger partial charge in [0.2, 0.25) is 23.6 Å². The van der Waals surface area contributed by atoms with Crippen molar-refractivity contribution in [2.24, 2.45) is 17.8 Å². The van der Waals surface area contributed by atoms with E-state index in [4.69, 9.17) is 0 Å². The van der Waals surface area contributed by atoms with Gasteiger partial charge in [0.15, 0.2) is 5.78 Å². The van der Waals surface area contributed by atoms with Gasteiger partial charge in [-0.1, -0.05) is 93.4 Å². The van der Waals surface area contributed by atoms with Crippen molar-refractivity contribution in [2.45, 2.75) is 183 Å². The van der Waals surface area contributed by atoms with Crippen LogP contribution in [0.5, 0.6) is 0 Å². The van der Waals surface area contributed by atoms with E-state index in [0.717, 1.165) is 70.6 Å². The Hall–Kier alpha value is -2.45. The summed E-state index contributed by atoms with van der Waals surface area (Å²) in [6, 6.07) is -1.39. The minimum Gasteiger partial charge on any atom is -0.356 e. The second-order valence-electron chi connectivity index (χ2n) is 14.5. The molecule has 47 heavy (non-hydrogen) atoms. The number of unbranched alkanes of at least 4 members (excludes halogenated alkanes) is 7. The number of carbonyl (C=O) groups is 5. The Morgan fingerprint density at radius 3 is 1.38 bits per heavy atom. The predicted molar refractivity (Wildman–Crippen MR) is 193 cm³/mol. The van der Waals surface area contributed by atoms with E-state index in [1.807, 2.05) is 13.8 Å². The maximum absolute atomic E-state index is 13.5. The summed E-state index contributed by atoms with van der Waals surface area (Å²) in [6.45, 7) is 15.6. The number of nitrogens with one attached hydrogen (secondary N) is 4. The number of amides is 4. The van der Waals surface area contributed by atoms with E-state index in [-0.39, 0.29) is 35.3 Å². The average molecular weight is 665 g/mol. The number of carbonyl (C=O) groups excluding carboxylic acids is 5. The van der Waals surface area contributed by atoms with Crippen LogP contribution in [-0.2, 0) is 24.0 Å². The molecule has 0 radical (unpaired) electrons. The molecule has 0 saturated heterocycles. The van der Waals surface area contributed by atoms with Crippen molar-refractivity contribution >= 4 is 29.4 Å². The lowest BCUT2D eigenvalue weighted by atomic mass is 9.96. The molecule has 0 aliphatic heterocycles. The highest BCUT2D eigenvalue weighted by Crippen LogP contribution is 2.12. The Kier molecular flexibility index (Phi) is 27.1. The summed E-state index contributed by atoms with van der Waals surface area (Å²) in [7, 11) is 0. The van der Waals surface area contributed by atoms with Gasteiger partial charge in [-0.25, -0.2) is 0 Å². The highest BCUT2D eigenvalue weighted by atomic mass is 16.2. The molecule has 0 aliphatic rings. The minimum absolute atomic E-state index is 0.0341. The zero-order chi connectivity index (χ0) is 35.5.